The zero-order valence-electron chi connectivity index (χ0n) is 29.2. The van der Waals surface area contributed by atoms with Gasteiger partial charge in [-0.3, -0.25) is 9.59 Å². The fourth-order valence-corrected chi connectivity index (χ4v) is 7.68. The van der Waals surface area contributed by atoms with Crippen LogP contribution in [0.25, 0.3) is 22.2 Å². The number of piperidine rings is 1. The molecule has 0 bridgehead atoms. The van der Waals surface area contributed by atoms with Gasteiger partial charge in [-0.15, -0.1) is 0 Å². The molecule has 1 atom stereocenters. The summed E-state index contributed by atoms with van der Waals surface area (Å²) in [6.45, 7) is 9.74. The van der Waals surface area contributed by atoms with E-state index in [0.29, 0.717) is 56.4 Å². The molecule has 11 heteroatoms. The first-order valence-corrected chi connectivity index (χ1v) is 18.1. The highest BCUT2D eigenvalue weighted by Gasteiger charge is 2.30. The van der Waals surface area contributed by atoms with Crippen molar-refractivity contribution < 1.29 is 14.3 Å². The number of H-pyrrole nitrogens is 1. The topological polar surface area (TPSA) is 89.7 Å². The fourth-order valence-electron chi connectivity index (χ4n) is 6.94. The van der Waals surface area contributed by atoms with Gasteiger partial charge in [0.05, 0.1) is 30.2 Å². The van der Waals surface area contributed by atoms with Crippen molar-refractivity contribution in [1.82, 2.24) is 15.2 Å². The Balaban J connectivity index is 1.51. The van der Waals surface area contributed by atoms with Gasteiger partial charge in [-0.1, -0.05) is 83.8 Å². The summed E-state index contributed by atoms with van der Waals surface area (Å²) in [5.74, 6) is 0.251. The lowest BCUT2D eigenvalue weighted by atomic mass is 9.95. The van der Waals surface area contributed by atoms with Crippen LogP contribution in [0.3, 0.4) is 0 Å². The molecular formula is C41H40Cl3N5O3. The van der Waals surface area contributed by atoms with Crippen LogP contribution < -0.4 is 20.3 Å². The molecule has 1 fully saturated rings. The number of carbonyl (C=O) groups is 2. The number of aromatic amines is 1. The van der Waals surface area contributed by atoms with E-state index in [1.165, 1.54) is 0 Å². The molecule has 1 aliphatic rings. The van der Waals surface area contributed by atoms with E-state index >= 15 is 0 Å². The molecule has 268 valence electrons. The van der Waals surface area contributed by atoms with Gasteiger partial charge in [0, 0.05) is 56.7 Å². The van der Waals surface area contributed by atoms with Crippen LogP contribution in [0.2, 0.25) is 15.1 Å². The first-order valence-electron chi connectivity index (χ1n) is 17.0. The zero-order chi connectivity index (χ0) is 36.9. The van der Waals surface area contributed by atoms with Crippen molar-refractivity contribution in [3.05, 3.63) is 135 Å². The van der Waals surface area contributed by atoms with Gasteiger partial charge >= 0.3 is 0 Å². The number of anilines is 2. The van der Waals surface area contributed by atoms with Crippen molar-refractivity contribution in [2.75, 3.05) is 30.4 Å². The molecule has 0 saturated carbocycles. The van der Waals surface area contributed by atoms with Gasteiger partial charge < -0.3 is 30.2 Å². The lowest BCUT2D eigenvalue weighted by molar-refractivity contribution is -0.110. The lowest BCUT2D eigenvalue weighted by Crippen LogP contribution is -2.42. The van der Waals surface area contributed by atoms with Gasteiger partial charge in [-0.05, 0) is 86.0 Å². The average Bonchev–Trinajstić information content (AvgIpc) is 3.52. The number of amides is 2. The van der Waals surface area contributed by atoms with Crippen molar-refractivity contribution in [3.63, 3.8) is 0 Å². The van der Waals surface area contributed by atoms with Crippen molar-refractivity contribution in [3.8, 4) is 5.75 Å². The molecule has 5 aromatic rings. The molecule has 1 aliphatic heterocycles. The number of halogens is 3. The minimum absolute atomic E-state index is 0.113. The van der Waals surface area contributed by atoms with Gasteiger partial charge in [0.25, 0.3) is 5.91 Å². The summed E-state index contributed by atoms with van der Waals surface area (Å²) in [5.41, 5.74) is 6.64. The number of ether oxygens (including phenoxy) is 1. The molecule has 0 radical (unpaired) electrons. The Bertz CT molecular complexity index is 2140. The molecule has 6 rings (SSSR count). The van der Waals surface area contributed by atoms with Crippen molar-refractivity contribution in [2.45, 2.75) is 38.8 Å². The summed E-state index contributed by atoms with van der Waals surface area (Å²) in [6.07, 6.45) is 4.08. The Morgan fingerprint density at radius 1 is 1.00 bits per heavy atom. The number of hydrogen-bond donors (Lipinski definition) is 3. The normalized spacial score (nSPS) is 14.4. The number of rotatable bonds is 12. The summed E-state index contributed by atoms with van der Waals surface area (Å²) >= 11 is 19.6. The standard InChI is InChI=1S/C41H40Cl3N5O3/c1-5-49(26(3)32-14-11-28(42)21-34(32)44)40(25(2)27-9-7-6-8-10-27)38-33-15-12-29(43)22-35(33)46-39(38)41(51)47-36-23-31(52-4)13-16-37(36)48-19-17-30(18-20-48)45-24-50/h5-16,21-24,26,30,46H,1,17-20H2,2-4H3,(H,45,50)(H,47,51)/b40-25+. The molecule has 2 heterocycles. The number of nitrogens with zero attached hydrogens (tertiary/aromatic N) is 2. The van der Waals surface area contributed by atoms with Gasteiger partial charge in [0.2, 0.25) is 6.41 Å². The van der Waals surface area contributed by atoms with E-state index in [9.17, 15) is 9.59 Å². The fraction of sp³-hybridized carbons (Fsp3) is 0.220. The van der Waals surface area contributed by atoms with Crippen LogP contribution >= 0.6 is 34.8 Å². The number of methoxy groups -OCH3 is 1. The quantitative estimate of drug-likeness (QED) is 0.110. The highest BCUT2D eigenvalue weighted by molar-refractivity contribution is 6.35. The maximum absolute atomic E-state index is 14.8. The first kappa shape index (κ1) is 36.9. The van der Waals surface area contributed by atoms with E-state index in [2.05, 4.69) is 27.1 Å². The first-order chi connectivity index (χ1) is 25.1. The third kappa shape index (κ3) is 7.65. The van der Waals surface area contributed by atoms with Gasteiger partial charge in [-0.25, -0.2) is 0 Å². The molecule has 0 aliphatic carbocycles. The molecule has 2 amide bonds. The Morgan fingerprint density at radius 3 is 2.38 bits per heavy atom. The van der Waals surface area contributed by atoms with Crippen LogP contribution in [0.5, 0.6) is 5.75 Å². The minimum Gasteiger partial charge on any atom is -0.497 e. The average molecular weight is 757 g/mol. The number of benzene rings is 4. The maximum atomic E-state index is 14.8. The highest BCUT2D eigenvalue weighted by atomic mass is 35.5. The maximum Gasteiger partial charge on any atom is 0.272 e. The lowest BCUT2D eigenvalue weighted by Gasteiger charge is -2.34. The van der Waals surface area contributed by atoms with Crippen LogP contribution in [-0.4, -0.2) is 48.4 Å². The van der Waals surface area contributed by atoms with Crippen molar-refractivity contribution >= 4 is 80.7 Å². The van der Waals surface area contributed by atoms with Crippen LogP contribution in [0.15, 0.2) is 97.7 Å². The molecule has 1 unspecified atom stereocenters. The van der Waals surface area contributed by atoms with Crippen LogP contribution in [0.1, 0.15) is 59.9 Å². The predicted octanol–water partition coefficient (Wildman–Crippen LogP) is 10.2. The number of hydrogen-bond acceptors (Lipinski definition) is 5. The van der Waals surface area contributed by atoms with Crippen LogP contribution in [0.4, 0.5) is 11.4 Å². The molecule has 52 heavy (non-hydrogen) atoms. The Morgan fingerprint density at radius 2 is 1.71 bits per heavy atom. The molecule has 4 aromatic carbocycles. The summed E-state index contributed by atoms with van der Waals surface area (Å²) < 4.78 is 5.58. The Kier molecular flexibility index (Phi) is 11.5. The SMILES string of the molecule is C=CN(/C(=C(\C)c1ccccc1)c1c(C(=O)Nc2cc(OC)ccc2N2CCC(NC=O)CC2)[nH]c2cc(Cl)ccc12)C(C)c1ccc(Cl)cc1Cl. The number of fused-ring (bicyclic) bond motifs is 1. The van der Waals surface area contributed by atoms with E-state index in [-0.39, 0.29) is 18.0 Å². The van der Waals surface area contributed by atoms with Gasteiger partial charge in [0.1, 0.15) is 11.4 Å². The Labute approximate surface area is 319 Å². The smallest absolute Gasteiger partial charge is 0.272 e. The summed E-state index contributed by atoms with van der Waals surface area (Å²) in [5, 5.41) is 8.50. The van der Waals surface area contributed by atoms with E-state index in [1.54, 1.807) is 19.4 Å². The van der Waals surface area contributed by atoms with Gasteiger partial charge in [0.15, 0.2) is 0 Å². The number of aromatic nitrogens is 1. The van der Waals surface area contributed by atoms with Crippen molar-refractivity contribution in [1.29, 1.82) is 0 Å². The second-order valence-corrected chi connectivity index (χ2v) is 14.0. The number of nitrogens with one attached hydrogen (secondary N) is 3. The Hall–Kier alpha value is -4.89. The summed E-state index contributed by atoms with van der Waals surface area (Å²) in [6, 6.07) is 26.5. The third-order valence-corrected chi connectivity index (χ3v) is 10.5. The third-order valence-electron chi connectivity index (χ3n) is 9.66. The second-order valence-electron chi connectivity index (χ2n) is 12.7. The van der Waals surface area contributed by atoms with E-state index < -0.39 is 0 Å². The molecule has 1 saturated heterocycles. The predicted molar refractivity (Wildman–Crippen MR) is 215 cm³/mol. The van der Waals surface area contributed by atoms with Crippen molar-refractivity contribution in [2.24, 2.45) is 0 Å². The molecule has 8 nitrogen and oxygen atoms in total. The van der Waals surface area contributed by atoms with Crippen LogP contribution in [-0.2, 0) is 4.79 Å². The largest absolute Gasteiger partial charge is 0.497 e. The van der Waals surface area contributed by atoms with E-state index in [0.717, 1.165) is 52.7 Å². The molecule has 0 spiro atoms. The number of carbonyl (C=O) groups excluding carboxylic acids is 2. The summed E-state index contributed by atoms with van der Waals surface area (Å²) in [4.78, 5) is 33.5. The van der Waals surface area contributed by atoms with E-state index in [4.69, 9.17) is 39.5 Å². The van der Waals surface area contributed by atoms with Crippen LogP contribution in [0, 0.1) is 0 Å². The molecule has 1 aromatic heterocycles. The van der Waals surface area contributed by atoms with Gasteiger partial charge in [-0.2, -0.15) is 0 Å². The molecule has 3 N–H and O–H groups in total. The number of allylic oxidation sites excluding steroid dienone is 1. The highest BCUT2D eigenvalue weighted by Crippen LogP contribution is 2.43. The molecular weight excluding hydrogens is 717 g/mol. The second kappa shape index (κ2) is 16.2. The monoisotopic (exact) mass is 755 g/mol. The zero-order valence-corrected chi connectivity index (χ0v) is 31.4. The van der Waals surface area contributed by atoms with E-state index in [1.807, 2.05) is 97.6 Å². The minimum atomic E-state index is -0.353. The summed E-state index contributed by atoms with van der Waals surface area (Å²) in [7, 11) is 1.60.